The predicted octanol–water partition coefficient (Wildman–Crippen LogP) is 3.69. The van der Waals surface area contributed by atoms with Crippen LogP contribution in [0.2, 0.25) is 0 Å². The third kappa shape index (κ3) is 2.84. The Morgan fingerprint density at radius 3 is 2.45 bits per heavy atom. The molecule has 2 nitrogen and oxygen atoms in total. The van der Waals surface area contributed by atoms with Gasteiger partial charge in [-0.3, -0.25) is 9.71 Å². The number of hydrogen-bond acceptors (Lipinski definition) is 2. The van der Waals surface area contributed by atoms with Gasteiger partial charge in [0, 0.05) is 23.5 Å². The van der Waals surface area contributed by atoms with Crippen LogP contribution in [-0.4, -0.2) is 4.98 Å². The average molecular weight is 281 g/mol. The molecule has 3 aromatic rings. The SMILES string of the molecule is [SH2]NC(Cc1ccc2ccccc2n1)c1ccccc1. The molecule has 20 heavy (non-hydrogen) atoms. The van der Waals surface area contributed by atoms with Crippen molar-refractivity contribution in [2.45, 2.75) is 12.5 Å². The lowest BCUT2D eigenvalue weighted by atomic mass is 10.0. The molecule has 0 aliphatic heterocycles. The Morgan fingerprint density at radius 2 is 1.65 bits per heavy atom. The second-order valence-corrected chi connectivity index (χ2v) is 5.10. The largest absolute Gasteiger partial charge is 0.270 e. The minimum Gasteiger partial charge on any atom is -0.270 e. The van der Waals surface area contributed by atoms with E-state index < -0.39 is 0 Å². The van der Waals surface area contributed by atoms with Crippen LogP contribution >= 0.6 is 12.8 Å². The van der Waals surface area contributed by atoms with Crippen molar-refractivity contribution in [1.82, 2.24) is 9.71 Å². The molecule has 1 N–H and O–H groups in total. The monoisotopic (exact) mass is 281 g/mol. The maximum absolute atomic E-state index is 4.73. The molecule has 1 unspecified atom stereocenters. The molecule has 101 valence electrons. The summed E-state index contributed by atoms with van der Waals surface area (Å²) in [6, 6.07) is 23.0. The molecule has 0 saturated carbocycles. The summed E-state index contributed by atoms with van der Waals surface area (Å²) in [5, 5.41) is 1.18. The van der Waals surface area contributed by atoms with Gasteiger partial charge in [0.1, 0.15) is 0 Å². The zero-order chi connectivity index (χ0) is 13.8. The van der Waals surface area contributed by atoms with E-state index in [1.165, 1.54) is 10.9 Å². The molecule has 0 aliphatic carbocycles. The second-order valence-electron chi connectivity index (χ2n) is 4.81. The molecule has 1 radical (unpaired) electrons. The molecular formula is C17H17N2S. The summed E-state index contributed by atoms with van der Waals surface area (Å²) in [5.74, 6) is 0. The van der Waals surface area contributed by atoms with Gasteiger partial charge in [-0.2, -0.15) is 12.8 Å². The maximum Gasteiger partial charge on any atom is 0.0705 e. The molecule has 1 aromatic heterocycles. The number of hydrogen-bond donors (Lipinski definition) is 1. The van der Waals surface area contributed by atoms with E-state index in [0.717, 1.165) is 17.6 Å². The Kier molecular flexibility index (Phi) is 4.00. The van der Waals surface area contributed by atoms with Gasteiger partial charge in [-0.25, -0.2) is 0 Å². The molecule has 0 bridgehead atoms. The van der Waals surface area contributed by atoms with E-state index in [0.29, 0.717) is 0 Å². The van der Waals surface area contributed by atoms with Gasteiger partial charge in [0.25, 0.3) is 0 Å². The van der Waals surface area contributed by atoms with Crippen LogP contribution in [0.4, 0.5) is 0 Å². The van der Waals surface area contributed by atoms with Crippen LogP contribution in [0.25, 0.3) is 10.9 Å². The average Bonchev–Trinajstić information content (AvgIpc) is 2.53. The fraction of sp³-hybridized carbons (Fsp3) is 0.118. The Hall–Kier alpha value is -1.84. The molecule has 0 amide bonds. The highest BCUT2D eigenvalue weighted by Crippen LogP contribution is 2.20. The number of nitrogens with zero attached hydrogens (tertiary/aromatic N) is 1. The highest BCUT2D eigenvalue weighted by Gasteiger charge is 2.11. The molecular weight excluding hydrogens is 264 g/mol. The zero-order valence-electron chi connectivity index (χ0n) is 11.1. The van der Waals surface area contributed by atoms with Crippen LogP contribution in [0.1, 0.15) is 17.3 Å². The van der Waals surface area contributed by atoms with Gasteiger partial charge in [0.15, 0.2) is 0 Å². The summed E-state index contributed by atoms with van der Waals surface area (Å²) in [6.45, 7) is 0. The maximum atomic E-state index is 4.73. The molecule has 0 fully saturated rings. The fourth-order valence-electron chi connectivity index (χ4n) is 2.37. The molecule has 0 saturated heterocycles. The van der Waals surface area contributed by atoms with Crippen molar-refractivity contribution in [3.63, 3.8) is 0 Å². The van der Waals surface area contributed by atoms with Crippen molar-refractivity contribution >= 4 is 23.7 Å². The van der Waals surface area contributed by atoms with Gasteiger partial charge in [-0.1, -0.05) is 54.6 Å². The Morgan fingerprint density at radius 1 is 0.900 bits per heavy atom. The summed E-state index contributed by atoms with van der Waals surface area (Å²) >= 11 is 3.43. The van der Waals surface area contributed by atoms with Gasteiger partial charge in [-0.15, -0.1) is 0 Å². The predicted molar refractivity (Wildman–Crippen MR) is 88.1 cm³/mol. The number of fused-ring (bicyclic) bond motifs is 1. The van der Waals surface area contributed by atoms with Crippen molar-refractivity contribution < 1.29 is 0 Å². The Labute approximate surface area is 124 Å². The van der Waals surface area contributed by atoms with Gasteiger partial charge in [0.2, 0.25) is 0 Å². The first-order valence-electron chi connectivity index (χ1n) is 6.69. The van der Waals surface area contributed by atoms with Crippen LogP contribution < -0.4 is 4.72 Å². The summed E-state index contributed by atoms with van der Waals surface area (Å²) in [7, 11) is 0. The fourth-order valence-corrected chi connectivity index (χ4v) is 2.64. The van der Waals surface area contributed by atoms with Gasteiger partial charge < -0.3 is 0 Å². The van der Waals surface area contributed by atoms with Crippen LogP contribution in [0, 0.1) is 0 Å². The molecule has 3 heteroatoms. The quantitative estimate of drug-likeness (QED) is 0.789. The van der Waals surface area contributed by atoms with Gasteiger partial charge >= 0.3 is 0 Å². The molecule has 2 aromatic carbocycles. The van der Waals surface area contributed by atoms with E-state index in [-0.39, 0.29) is 6.04 Å². The lowest BCUT2D eigenvalue weighted by molar-refractivity contribution is 0.665. The van der Waals surface area contributed by atoms with Crippen LogP contribution in [0.5, 0.6) is 0 Å². The zero-order valence-corrected chi connectivity index (χ0v) is 12.1. The summed E-state index contributed by atoms with van der Waals surface area (Å²) in [5.41, 5.74) is 3.38. The number of nitrogens with one attached hydrogen (secondary N) is 1. The van der Waals surface area contributed by atoms with Crippen LogP contribution in [0.15, 0.2) is 66.7 Å². The summed E-state index contributed by atoms with van der Waals surface area (Å²) in [6.07, 6.45) is 0.846. The normalized spacial score (nSPS) is 12.4. The lowest BCUT2D eigenvalue weighted by Crippen LogP contribution is -2.15. The van der Waals surface area contributed by atoms with E-state index in [4.69, 9.17) is 4.98 Å². The summed E-state index contributed by atoms with van der Waals surface area (Å²) < 4.78 is 3.18. The van der Waals surface area contributed by atoms with E-state index in [1.54, 1.807) is 0 Å². The van der Waals surface area contributed by atoms with Crippen LogP contribution in [0.3, 0.4) is 0 Å². The topological polar surface area (TPSA) is 24.9 Å². The number of para-hydroxylation sites is 1. The minimum atomic E-state index is 0.210. The highest BCUT2D eigenvalue weighted by atomic mass is 32.1. The molecule has 3 rings (SSSR count). The highest BCUT2D eigenvalue weighted by molar-refractivity contribution is 7.78. The van der Waals surface area contributed by atoms with Crippen molar-refractivity contribution in [2.75, 3.05) is 0 Å². The minimum absolute atomic E-state index is 0.210. The van der Waals surface area contributed by atoms with Crippen molar-refractivity contribution in [3.8, 4) is 0 Å². The lowest BCUT2D eigenvalue weighted by Gasteiger charge is -2.16. The third-order valence-corrected chi connectivity index (χ3v) is 3.79. The number of pyridine rings is 1. The van der Waals surface area contributed by atoms with Crippen LogP contribution in [-0.2, 0) is 6.42 Å². The molecule has 0 spiro atoms. The first-order valence-corrected chi connectivity index (χ1v) is 7.19. The molecule has 1 atom stereocenters. The molecule has 1 heterocycles. The Balaban J connectivity index is 1.87. The van der Waals surface area contributed by atoms with Gasteiger partial charge in [-0.05, 0) is 17.7 Å². The van der Waals surface area contributed by atoms with E-state index in [2.05, 4.69) is 66.1 Å². The van der Waals surface area contributed by atoms with E-state index in [9.17, 15) is 0 Å². The van der Waals surface area contributed by atoms with Crippen molar-refractivity contribution in [3.05, 3.63) is 78.0 Å². The Bertz CT molecular complexity index is 697. The third-order valence-electron chi connectivity index (χ3n) is 3.45. The number of aromatic nitrogens is 1. The standard InChI is InChI=1S/C17H17N2S/c20-19-17(13-6-2-1-3-7-13)12-15-11-10-14-8-4-5-9-16(14)18-15/h1-11,17,19H,12,20H2. The number of rotatable bonds is 4. The van der Waals surface area contributed by atoms with E-state index in [1.807, 2.05) is 18.2 Å². The number of benzene rings is 2. The van der Waals surface area contributed by atoms with Gasteiger partial charge in [0.05, 0.1) is 5.52 Å². The molecule has 0 aliphatic rings. The first kappa shape index (κ1) is 13.2. The first-order chi connectivity index (χ1) is 9.86. The summed E-state index contributed by atoms with van der Waals surface area (Å²) in [4.78, 5) is 4.73. The van der Waals surface area contributed by atoms with Crippen molar-refractivity contribution in [1.29, 1.82) is 0 Å². The smallest absolute Gasteiger partial charge is 0.0705 e. The van der Waals surface area contributed by atoms with Crippen molar-refractivity contribution in [2.24, 2.45) is 0 Å². The van der Waals surface area contributed by atoms with E-state index >= 15 is 0 Å². The second kappa shape index (κ2) is 6.07.